The van der Waals surface area contributed by atoms with E-state index in [2.05, 4.69) is 31.1 Å². The van der Waals surface area contributed by atoms with Gasteiger partial charge in [-0.2, -0.15) is 0 Å². The highest BCUT2D eigenvalue weighted by atomic mass is 35.5. The fourth-order valence-electron chi connectivity index (χ4n) is 3.18. The minimum atomic E-state index is -3.92. The van der Waals surface area contributed by atoms with Gasteiger partial charge in [0, 0.05) is 0 Å². The molecule has 0 atom stereocenters. The van der Waals surface area contributed by atoms with Crippen LogP contribution < -0.4 is 4.74 Å². The van der Waals surface area contributed by atoms with E-state index in [0.717, 1.165) is 5.56 Å². The van der Waals surface area contributed by atoms with Gasteiger partial charge in [0.1, 0.15) is 11.4 Å². The zero-order valence-corrected chi connectivity index (χ0v) is 20.2. The molecule has 1 heterocycles. The summed E-state index contributed by atoms with van der Waals surface area (Å²) >= 11 is 6.24. The zero-order chi connectivity index (χ0) is 23.8. The molecule has 0 bridgehead atoms. The van der Waals surface area contributed by atoms with Crippen molar-refractivity contribution >= 4 is 27.4 Å². The summed E-state index contributed by atoms with van der Waals surface area (Å²) in [6.45, 7) is 7.74. The van der Waals surface area contributed by atoms with Crippen molar-refractivity contribution in [1.29, 1.82) is 0 Å². The smallest absolute Gasteiger partial charge is 0.339 e. The Balaban J connectivity index is 2.09. The Kier molecular flexibility index (Phi) is 6.35. The van der Waals surface area contributed by atoms with E-state index in [1.165, 1.54) is 31.0 Å². The predicted molar refractivity (Wildman–Crippen MR) is 120 cm³/mol. The van der Waals surface area contributed by atoms with Crippen LogP contribution in [-0.2, 0) is 20.0 Å². The average Bonchev–Trinajstić information content (AvgIpc) is 3.14. The Morgan fingerprint density at radius 2 is 1.72 bits per heavy atom. The van der Waals surface area contributed by atoms with Crippen molar-refractivity contribution in [3.8, 4) is 11.4 Å². The van der Waals surface area contributed by atoms with Gasteiger partial charge in [0.25, 0.3) is 0 Å². The third-order valence-electron chi connectivity index (χ3n) is 5.04. The molecule has 0 saturated heterocycles. The number of methoxy groups -OCH3 is 2. The minimum absolute atomic E-state index is 0.102. The molecular formula is C22H24ClN3O5S. The molecule has 3 rings (SSSR count). The number of ether oxygens (including phenoxy) is 2. The van der Waals surface area contributed by atoms with Crippen LogP contribution >= 0.6 is 11.6 Å². The highest BCUT2D eigenvalue weighted by molar-refractivity contribution is 7.91. The number of hydrogen-bond donors (Lipinski definition) is 0. The highest BCUT2D eigenvalue weighted by Crippen LogP contribution is 2.33. The van der Waals surface area contributed by atoms with Gasteiger partial charge in [0.15, 0.2) is 0 Å². The molecule has 0 aliphatic heterocycles. The first-order valence-electron chi connectivity index (χ1n) is 9.66. The van der Waals surface area contributed by atoms with Gasteiger partial charge in [-0.1, -0.05) is 49.7 Å². The van der Waals surface area contributed by atoms with E-state index in [1.54, 1.807) is 31.2 Å². The first-order valence-corrected chi connectivity index (χ1v) is 11.5. The second-order valence-corrected chi connectivity index (χ2v) is 10.4. The number of benzene rings is 2. The molecule has 0 spiro atoms. The lowest BCUT2D eigenvalue weighted by molar-refractivity contribution is 0.0600. The summed E-state index contributed by atoms with van der Waals surface area (Å²) in [4.78, 5) is 12.0. The van der Waals surface area contributed by atoms with Crippen LogP contribution in [0, 0.1) is 6.92 Å². The number of rotatable bonds is 5. The van der Waals surface area contributed by atoms with Gasteiger partial charge in [-0.15, -0.1) is 5.10 Å². The topological polar surface area (TPSA) is 100 Å². The molecule has 0 N–H and O–H groups in total. The van der Waals surface area contributed by atoms with Crippen LogP contribution in [-0.4, -0.2) is 43.6 Å². The first-order chi connectivity index (χ1) is 14.9. The SMILES string of the molecule is COC(=O)c1cc(OC)c(-n2nnc(S(=O)(=O)c3ccc(C(C)(C)C)cc3)c2C)cc1Cl. The quantitative estimate of drug-likeness (QED) is 0.508. The van der Waals surface area contributed by atoms with Gasteiger partial charge in [-0.05, 0) is 42.2 Å². The molecule has 0 unspecified atom stereocenters. The highest BCUT2D eigenvalue weighted by Gasteiger charge is 2.28. The summed E-state index contributed by atoms with van der Waals surface area (Å²) in [6, 6.07) is 9.57. The summed E-state index contributed by atoms with van der Waals surface area (Å²) in [5.74, 6) is -0.376. The number of sulfone groups is 1. The van der Waals surface area contributed by atoms with Gasteiger partial charge in [-0.3, -0.25) is 0 Å². The molecule has 0 aliphatic rings. The molecule has 170 valence electrons. The standard InChI is InChI=1S/C22H24ClN3O5S/c1-13-20(32(28,29)15-9-7-14(8-10-15)22(2,3)4)24-25-26(13)18-12-17(23)16(21(27)31-6)11-19(18)30-5/h7-12H,1-6H3. The lowest BCUT2D eigenvalue weighted by Gasteiger charge is -2.19. The lowest BCUT2D eigenvalue weighted by atomic mass is 9.87. The second-order valence-electron chi connectivity index (χ2n) is 8.17. The molecule has 8 nitrogen and oxygen atoms in total. The van der Waals surface area contributed by atoms with Crippen LogP contribution in [0.2, 0.25) is 5.02 Å². The second kappa shape index (κ2) is 8.55. The maximum absolute atomic E-state index is 13.2. The summed E-state index contributed by atoms with van der Waals surface area (Å²) in [5, 5.41) is 7.85. The van der Waals surface area contributed by atoms with Crippen molar-refractivity contribution in [2.75, 3.05) is 14.2 Å². The van der Waals surface area contributed by atoms with Gasteiger partial charge < -0.3 is 9.47 Å². The van der Waals surface area contributed by atoms with Gasteiger partial charge in [-0.25, -0.2) is 17.9 Å². The van der Waals surface area contributed by atoms with E-state index in [9.17, 15) is 13.2 Å². The van der Waals surface area contributed by atoms with Crippen molar-refractivity contribution in [2.45, 2.75) is 43.0 Å². The molecule has 0 radical (unpaired) electrons. The molecule has 0 amide bonds. The Hall–Kier alpha value is -2.91. The molecule has 10 heteroatoms. The predicted octanol–water partition coefficient (Wildman–Crippen LogP) is 4.15. The van der Waals surface area contributed by atoms with Crippen LogP contribution in [0.1, 0.15) is 42.4 Å². The van der Waals surface area contributed by atoms with Crippen molar-refractivity contribution < 1.29 is 22.7 Å². The number of aromatic nitrogens is 3. The van der Waals surface area contributed by atoms with E-state index < -0.39 is 15.8 Å². The summed E-state index contributed by atoms with van der Waals surface area (Å²) in [6.07, 6.45) is 0. The number of carbonyl (C=O) groups excluding carboxylic acids is 1. The number of carbonyl (C=O) groups is 1. The van der Waals surface area contributed by atoms with Crippen molar-refractivity contribution in [1.82, 2.24) is 15.0 Å². The molecular weight excluding hydrogens is 454 g/mol. The Morgan fingerprint density at radius 3 is 2.25 bits per heavy atom. The summed E-state index contributed by atoms with van der Waals surface area (Å²) in [7, 11) is -1.26. The molecule has 0 fully saturated rings. The largest absolute Gasteiger partial charge is 0.494 e. The fourth-order valence-corrected chi connectivity index (χ4v) is 4.75. The normalized spacial score (nSPS) is 12.0. The third kappa shape index (κ3) is 4.22. The Morgan fingerprint density at radius 1 is 1.09 bits per heavy atom. The Bertz CT molecular complexity index is 1280. The van der Waals surface area contributed by atoms with Crippen molar-refractivity contribution in [3.05, 3.63) is 58.2 Å². The zero-order valence-electron chi connectivity index (χ0n) is 18.6. The average molecular weight is 478 g/mol. The maximum atomic E-state index is 13.2. The van der Waals surface area contributed by atoms with Crippen molar-refractivity contribution in [2.24, 2.45) is 0 Å². The van der Waals surface area contributed by atoms with Gasteiger partial charge in [0.2, 0.25) is 14.9 Å². The summed E-state index contributed by atoms with van der Waals surface area (Å²) in [5.41, 5.74) is 1.62. The number of esters is 1. The number of hydrogen-bond acceptors (Lipinski definition) is 7. The van der Waals surface area contributed by atoms with Crippen molar-refractivity contribution in [3.63, 3.8) is 0 Å². The van der Waals surface area contributed by atoms with E-state index in [0.29, 0.717) is 5.69 Å². The van der Waals surface area contributed by atoms with Crippen LogP contribution in [0.15, 0.2) is 46.3 Å². The van der Waals surface area contributed by atoms with E-state index in [4.69, 9.17) is 21.1 Å². The molecule has 3 aromatic rings. The third-order valence-corrected chi connectivity index (χ3v) is 7.13. The van der Waals surface area contributed by atoms with Crippen LogP contribution in [0.3, 0.4) is 0 Å². The van der Waals surface area contributed by atoms with E-state index in [1.807, 2.05) is 0 Å². The maximum Gasteiger partial charge on any atom is 0.339 e. The molecule has 32 heavy (non-hydrogen) atoms. The molecule has 0 aliphatic carbocycles. The number of halogens is 1. The number of nitrogens with zero attached hydrogens (tertiary/aromatic N) is 3. The van der Waals surface area contributed by atoms with Crippen LogP contribution in [0.25, 0.3) is 5.69 Å². The molecule has 1 aromatic heterocycles. The molecule has 2 aromatic carbocycles. The fraction of sp³-hybridized carbons (Fsp3) is 0.318. The monoisotopic (exact) mass is 477 g/mol. The summed E-state index contributed by atoms with van der Waals surface area (Å²) < 4.78 is 37.9. The van der Waals surface area contributed by atoms with Gasteiger partial charge >= 0.3 is 5.97 Å². The van der Waals surface area contributed by atoms with E-state index >= 15 is 0 Å². The van der Waals surface area contributed by atoms with E-state index in [-0.39, 0.29) is 37.4 Å². The minimum Gasteiger partial charge on any atom is -0.494 e. The Labute approximate surface area is 192 Å². The van der Waals surface area contributed by atoms with Crippen LogP contribution in [0.4, 0.5) is 0 Å². The van der Waals surface area contributed by atoms with Crippen LogP contribution in [0.5, 0.6) is 5.75 Å². The lowest BCUT2D eigenvalue weighted by Crippen LogP contribution is -2.12. The van der Waals surface area contributed by atoms with Gasteiger partial charge in [0.05, 0.1) is 35.4 Å². The molecule has 0 saturated carbocycles. The first kappa shape index (κ1) is 23.7.